The number of rotatable bonds is 9. The van der Waals surface area contributed by atoms with E-state index in [1.165, 1.54) is 0 Å². The van der Waals surface area contributed by atoms with Crippen LogP contribution in [0, 0.1) is 0 Å². The van der Waals surface area contributed by atoms with Crippen LogP contribution in [0.15, 0.2) is 0 Å². The summed E-state index contributed by atoms with van der Waals surface area (Å²) in [6.45, 7) is 0.733. The molecule has 1 atom stereocenters. The van der Waals surface area contributed by atoms with Gasteiger partial charge in [0, 0.05) is 0 Å². The molecule has 0 aliphatic rings. The summed E-state index contributed by atoms with van der Waals surface area (Å²) in [5, 5.41) is 0. The SMILES string of the molecule is CS(=O)(=O)OC(N)CCCCCCCN. The normalized spacial score (nSPS) is 14.1. The van der Waals surface area contributed by atoms with Gasteiger partial charge in [-0.3, -0.25) is 4.18 Å². The van der Waals surface area contributed by atoms with E-state index in [9.17, 15) is 8.42 Å². The van der Waals surface area contributed by atoms with Crippen molar-refractivity contribution in [3.05, 3.63) is 0 Å². The molecular formula is C9H22N2O3S. The predicted molar refractivity (Wildman–Crippen MR) is 60.7 cm³/mol. The Balaban J connectivity index is 3.36. The molecule has 0 rings (SSSR count). The van der Waals surface area contributed by atoms with Gasteiger partial charge in [0.1, 0.15) is 6.23 Å². The van der Waals surface area contributed by atoms with Crippen molar-refractivity contribution in [1.29, 1.82) is 0 Å². The highest BCUT2D eigenvalue weighted by Gasteiger charge is 2.09. The molecule has 1 unspecified atom stereocenters. The number of unbranched alkanes of at least 4 members (excludes halogenated alkanes) is 4. The lowest BCUT2D eigenvalue weighted by atomic mass is 10.1. The second kappa shape index (κ2) is 8.04. The fourth-order valence-electron chi connectivity index (χ4n) is 1.29. The van der Waals surface area contributed by atoms with Gasteiger partial charge in [-0.05, 0) is 25.8 Å². The van der Waals surface area contributed by atoms with Crippen molar-refractivity contribution in [2.75, 3.05) is 12.8 Å². The molecule has 0 radical (unpaired) electrons. The monoisotopic (exact) mass is 238 g/mol. The van der Waals surface area contributed by atoms with E-state index in [0.29, 0.717) is 6.42 Å². The topological polar surface area (TPSA) is 95.4 Å². The van der Waals surface area contributed by atoms with Gasteiger partial charge < -0.3 is 11.5 Å². The third-order valence-corrected chi connectivity index (χ3v) is 2.59. The molecule has 0 bridgehead atoms. The van der Waals surface area contributed by atoms with Gasteiger partial charge in [-0.25, -0.2) is 0 Å². The largest absolute Gasteiger partial charge is 0.330 e. The first-order chi connectivity index (χ1) is 6.95. The van der Waals surface area contributed by atoms with Crippen LogP contribution in [0.5, 0.6) is 0 Å². The van der Waals surface area contributed by atoms with E-state index in [4.69, 9.17) is 11.5 Å². The van der Waals surface area contributed by atoms with Crippen LogP contribution in [0.25, 0.3) is 0 Å². The van der Waals surface area contributed by atoms with Gasteiger partial charge in [0.15, 0.2) is 0 Å². The third-order valence-electron chi connectivity index (χ3n) is 1.99. The van der Waals surface area contributed by atoms with Crippen LogP contribution >= 0.6 is 0 Å². The maximum atomic E-state index is 10.7. The van der Waals surface area contributed by atoms with Crippen LogP contribution in [-0.4, -0.2) is 27.4 Å². The summed E-state index contributed by atoms with van der Waals surface area (Å²) in [5.74, 6) is 0. The van der Waals surface area contributed by atoms with Crippen molar-refractivity contribution < 1.29 is 12.6 Å². The van der Waals surface area contributed by atoms with Crippen LogP contribution in [0.2, 0.25) is 0 Å². The van der Waals surface area contributed by atoms with Crippen LogP contribution in [0.3, 0.4) is 0 Å². The molecule has 0 aromatic heterocycles. The molecule has 15 heavy (non-hydrogen) atoms. The molecule has 0 heterocycles. The van der Waals surface area contributed by atoms with Crippen LogP contribution in [0.4, 0.5) is 0 Å². The molecule has 0 saturated carbocycles. The second-order valence-electron chi connectivity index (χ2n) is 3.68. The molecule has 92 valence electrons. The Morgan fingerprint density at radius 3 is 2.20 bits per heavy atom. The summed E-state index contributed by atoms with van der Waals surface area (Å²) in [5.41, 5.74) is 10.8. The summed E-state index contributed by atoms with van der Waals surface area (Å²) in [6.07, 6.45) is 6.11. The summed E-state index contributed by atoms with van der Waals surface area (Å²) in [7, 11) is -3.42. The smallest absolute Gasteiger partial charge is 0.265 e. The van der Waals surface area contributed by atoms with Crippen LogP contribution in [0.1, 0.15) is 38.5 Å². The highest BCUT2D eigenvalue weighted by atomic mass is 32.2. The predicted octanol–water partition coefficient (Wildman–Crippen LogP) is 0.547. The zero-order valence-corrected chi connectivity index (χ0v) is 10.1. The highest BCUT2D eigenvalue weighted by molar-refractivity contribution is 7.86. The maximum absolute atomic E-state index is 10.7. The average Bonchev–Trinajstić information content (AvgIpc) is 2.08. The van der Waals surface area contributed by atoms with Crippen molar-refractivity contribution in [2.45, 2.75) is 44.8 Å². The Hall–Kier alpha value is -0.170. The number of hydrogen-bond donors (Lipinski definition) is 2. The number of hydrogen-bond acceptors (Lipinski definition) is 5. The number of nitrogens with two attached hydrogens (primary N) is 2. The van der Waals surface area contributed by atoms with Gasteiger partial charge in [-0.15, -0.1) is 0 Å². The molecule has 0 amide bonds. The maximum Gasteiger partial charge on any atom is 0.265 e. The lowest BCUT2D eigenvalue weighted by molar-refractivity contribution is 0.204. The van der Waals surface area contributed by atoms with Crippen molar-refractivity contribution >= 4 is 10.1 Å². The van der Waals surface area contributed by atoms with E-state index in [2.05, 4.69) is 4.18 Å². The van der Waals surface area contributed by atoms with Gasteiger partial charge >= 0.3 is 0 Å². The Kier molecular flexibility index (Phi) is 7.95. The summed E-state index contributed by atoms with van der Waals surface area (Å²) in [6, 6.07) is 0. The first-order valence-corrected chi connectivity index (χ1v) is 7.11. The molecular weight excluding hydrogens is 216 g/mol. The Bertz CT molecular complexity index is 242. The highest BCUT2D eigenvalue weighted by Crippen LogP contribution is 2.07. The quantitative estimate of drug-likeness (QED) is 0.347. The third kappa shape index (κ3) is 11.8. The lowest BCUT2D eigenvalue weighted by Gasteiger charge is -2.10. The standard InChI is InChI=1S/C9H22N2O3S/c1-15(12,13)14-9(11)7-5-3-2-4-6-8-10/h9H,2-8,10-11H2,1H3. The molecule has 5 nitrogen and oxygen atoms in total. The zero-order valence-electron chi connectivity index (χ0n) is 9.31. The molecule has 0 aromatic rings. The Morgan fingerprint density at radius 1 is 1.13 bits per heavy atom. The van der Waals surface area contributed by atoms with Crippen molar-refractivity contribution in [3.63, 3.8) is 0 Å². The van der Waals surface area contributed by atoms with E-state index >= 15 is 0 Å². The van der Waals surface area contributed by atoms with E-state index < -0.39 is 16.3 Å². The second-order valence-corrected chi connectivity index (χ2v) is 5.28. The van der Waals surface area contributed by atoms with Gasteiger partial charge in [-0.1, -0.05) is 19.3 Å². The minimum absolute atomic E-state index is 0.579. The molecule has 6 heteroatoms. The minimum Gasteiger partial charge on any atom is -0.330 e. The minimum atomic E-state index is -3.42. The summed E-state index contributed by atoms with van der Waals surface area (Å²) >= 11 is 0. The zero-order chi connectivity index (χ0) is 11.7. The van der Waals surface area contributed by atoms with E-state index in [-0.39, 0.29) is 0 Å². The molecule has 0 aliphatic heterocycles. The molecule has 0 fully saturated rings. The van der Waals surface area contributed by atoms with Crippen molar-refractivity contribution in [3.8, 4) is 0 Å². The van der Waals surface area contributed by atoms with Gasteiger partial charge in [0.05, 0.1) is 6.26 Å². The first-order valence-electron chi connectivity index (χ1n) is 5.29. The average molecular weight is 238 g/mol. The lowest BCUT2D eigenvalue weighted by Crippen LogP contribution is -2.26. The van der Waals surface area contributed by atoms with Gasteiger partial charge in [-0.2, -0.15) is 8.42 Å². The molecule has 0 aliphatic carbocycles. The van der Waals surface area contributed by atoms with Crippen LogP contribution < -0.4 is 11.5 Å². The van der Waals surface area contributed by atoms with Crippen molar-refractivity contribution in [2.24, 2.45) is 11.5 Å². The Labute approximate surface area is 92.3 Å². The van der Waals surface area contributed by atoms with Gasteiger partial charge in [0.2, 0.25) is 0 Å². The summed E-state index contributed by atoms with van der Waals surface area (Å²) in [4.78, 5) is 0. The molecule has 0 spiro atoms. The summed E-state index contributed by atoms with van der Waals surface area (Å²) < 4.78 is 26.0. The van der Waals surface area contributed by atoms with Gasteiger partial charge in [0.25, 0.3) is 10.1 Å². The molecule has 0 aromatic carbocycles. The fraction of sp³-hybridized carbons (Fsp3) is 1.00. The molecule has 0 saturated heterocycles. The fourth-order valence-corrected chi connectivity index (χ4v) is 1.84. The first kappa shape index (κ1) is 14.8. The Morgan fingerprint density at radius 2 is 1.67 bits per heavy atom. The van der Waals surface area contributed by atoms with E-state index in [1.54, 1.807) is 0 Å². The van der Waals surface area contributed by atoms with E-state index in [1.807, 2.05) is 0 Å². The van der Waals surface area contributed by atoms with Crippen molar-refractivity contribution in [1.82, 2.24) is 0 Å². The van der Waals surface area contributed by atoms with E-state index in [0.717, 1.165) is 44.9 Å². The van der Waals surface area contributed by atoms with Crippen LogP contribution in [-0.2, 0) is 14.3 Å². The molecule has 4 N–H and O–H groups in total.